The molecule has 0 N–H and O–H groups in total. The Kier molecular flexibility index (Phi) is 9.94. The summed E-state index contributed by atoms with van der Waals surface area (Å²) in [6.45, 7) is 0. The molecule has 2 atom stereocenters. The average Bonchev–Trinajstić information content (AvgIpc) is 3.38. The van der Waals surface area contributed by atoms with Gasteiger partial charge in [-0.3, -0.25) is 0 Å². The van der Waals surface area contributed by atoms with Gasteiger partial charge in [0.25, 0.3) is 0 Å². The zero-order valence-corrected chi connectivity index (χ0v) is 23.0. The van der Waals surface area contributed by atoms with Crippen molar-refractivity contribution in [2.45, 2.75) is 93.9 Å². The Morgan fingerprint density at radius 1 is 0.583 bits per heavy atom. The van der Waals surface area contributed by atoms with Crippen molar-refractivity contribution >= 4 is 11.8 Å². The van der Waals surface area contributed by atoms with E-state index in [1.54, 1.807) is 0 Å². The number of aliphatic imine (C=N–C) groups is 2. The zero-order valence-electron chi connectivity index (χ0n) is 20.5. The smallest absolute Gasteiger partial charge is 1.00 e. The molecule has 0 amide bonds. The normalized spacial score (nSPS) is 25.3. The van der Waals surface area contributed by atoms with Crippen molar-refractivity contribution in [1.29, 1.82) is 0 Å². The summed E-state index contributed by atoms with van der Waals surface area (Å²) in [6, 6.07) is 21.5. The summed E-state index contributed by atoms with van der Waals surface area (Å²) in [5.74, 6) is 1.62. The first-order chi connectivity index (χ1) is 16.3. The van der Waals surface area contributed by atoms with E-state index in [0.29, 0.717) is 6.42 Å². The number of hydrogen-bond acceptors (Lipinski definition) is 4. The van der Waals surface area contributed by atoms with E-state index in [2.05, 4.69) is 60.7 Å². The van der Waals surface area contributed by atoms with Gasteiger partial charge >= 0.3 is 16.5 Å². The molecular weight excluding hydrogens is 538 g/mol. The van der Waals surface area contributed by atoms with E-state index in [1.807, 2.05) is 0 Å². The molecule has 0 bridgehead atoms. The first-order valence-corrected chi connectivity index (χ1v) is 12.9. The van der Waals surface area contributed by atoms with Gasteiger partial charge in [0.15, 0.2) is 11.8 Å². The molecule has 0 unspecified atom stereocenters. The van der Waals surface area contributed by atoms with Gasteiger partial charge in [-0.1, -0.05) is 73.5 Å². The van der Waals surface area contributed by atoms with Crippen LogP contribution in [0.5, 0.6) is 0 Å². The predicted molar refractivity (Wildman–Crippen MR) is 132 cm³/mol. The van der Waals surface area contributed by atoms with Crippen molar-refractivity contribution in [2.24, 2.45) is 9.98 Å². The molecule has 36 heavy (non-hydrogen) atoms. The van der Waals surface area contributed by atoms with Gasteiger partial charge in [0, 0.05) is 0 Å². The first kappa shape index (κ1) is 29.0. The SMILES string of the molecule is [Cl-].[Cl-].[Ni+2].c1ccc([C@H]2N=C(CC3=N[C@H](c4ccccc4)C4(CCCCC4)O3)OC23CCCCC3)cc1. The molecule has 0 radical (unpaired) electrons. The summed E-state index contributed by atoms with van der Waals surface area (Å²) >= 11 is 0. The van der Waals surface area contributed by atoms with E-state index in [0.717, 1.165) is 37.5 Å². The zero-order chi connectivity index (χ0) is 22.1. The molecule has 2 saturated carbocycles. The number of nitrogens with zero attached hydrogens (tertiary/aromatic N) is 2. The molecule has 196 valence electrons. The second-order valence-electron chi connectivity index (χ2n) is 10.3. The fourth-order valence-electron chi connectivity index (χ4n) is 6.53. The van der Waals surface area contributed by atoms with Gasteiger partial charge in [0.1, 0.15) is 23.3 Å². The molecule has 7 heteroatoms. The van der Waals surface area contributed by atoms with Gasteiger partial charge in [0.05, 0.1) is 6.42 Å². The Hall–Kier alpha value is -1.55. The van der Waals surface area contributed by atoms with Crippen LogP contribution in [0.4, 0.5) is 0 Å². The van der Waals surface area contributed by atoms with Crippen molar-refractivity contribution in [1.82, 2.24) is 0 Å². The largest absolute Gasteiger partial charge is 2.00 e. The molecule has 4 nitrogen and oxygen atoms in total. The van der Waals surface area contributed by atoms with Crippen molar-refractivity contribution in [3.8, 4) is 0 Å². The van der Waals surface area contributed by atoms with E-state index in [9.17, 15) is 0 Å². The predicted octanol–water partition coefficient (Wildman–Crippen LogP) is 1.13. The van der Waals surface area contributed by atoms with Crippen LogP contribution in [0.2, 0.25) is 0 Å². The molecule has 6 rings (SSSR count). The Balaban J connectivity index is 0.00000120. The second kappa shape index (κ2) is 12.3. The molecule has 2 aromatic rings. The molecule has 0 saturated heterocycles. The minimum Gasteiger partial charge on any atom is -1.00 e. The van der Waals surface area contributed by atoms with Crippen LogP contribution in [-0.4, -0.2) is 23.0 Å². The van der Waals surface area contributed by atoms with Gasteiger partial charge in [0.2, 0.25) is 0 Å². The van der Waals surface area contributed by atoms with Gasteiger partial charge in [-0.25, -0.2) is 9.98 Å². The van der Waals surface area contributed by atoms with Crippen LogP contribution in [0, 0.1) is 0 Å². The van der Waals surface area contributed by atoms with Crippen LogP contribution in [0.15, 0.2) is 70.6 Å². The van der Waals surface area contributed by atoms with Gasteiger partial charge in [-0.2, -0.15) is 0 Å². The van der Waals surface area contributed by atoms with Crippen LogP contribution in [0.3, 0.4) is 0 Å². The number of halogens is 2. The summed E-state index contributed by atoms with van der Waals surface area (Å²) in [6.07, 6.45) is 12.3. The van der Waals surface area contributed by atoms with Crippen LogP contribution in [0.25, 0.3) is 0 Å². The molecular formula is C29H34Cl2N2NiO2. The fourth-order valence-corrected chi connectivity index (χ4v) is 6.53. The maximum Gasteiger partial charge on any atom is 2.00 e. The Bertz CT molecular complexity index is 952. The summed E-state index contributed by atoms with van der Waals surface area (Å²) in [5.41, 5.74) is 2.12. The topological polar surface area (TPSA) is 43.2 Å². The van der Waals surface area contributed by atoms with Gasteiger partial charge in [-0.05, 0) is 62.5 Å². The quantitative estimate of drug-likeness (QED) is 0.517. The third kappa shape index (κ3) is 5.49. The standard InChI is InChI=1S/C29H34N2O2.2ClH.Ni/c1-5-13-22(14-6-1)26-28(17-9-3-10-18-28)32-24(30-26)21-25-31-27(23-15-7-2-8-16-23)29(33-25)19-11-4-12-20-29;;;/h1-2,5-8,13-16,26-27H,3-4,9-12,17-21H2;2*1H;/q;;;+2/p-2/t26-,27-;;;/m1.../s1. The Morgan fingerprint density at radius 3 is 1.31 bits per heavy atom. The average molecular weight is 572 g/mol. The van der Waals surface area contributed by atoms with Crippen molar-refractivity contribution < 1.29 is 50.8 Å². The van der Waals surface area contributed by atoms with Gasteiger partial charge < -0.3 is 34.3 Å². The third-order valence-corrected chi connectivity index (χ3v) is 8.12. The summed E-state index contributed by atoms with van der Waals surface area (Å²) in [7, 11) is 0. The maximum atomic E-state index is 6.72. The minimum atomic E-state index is -0.199. The monoisotopic (exact) mass is 570 g/mol. The fraction of sp³-hybridized carbons (Fsp3) is 0.517. The molecule has 2 aromatic carbocycles. The van der Waals surface area contributed by atoms with Crippen LogP contribution >= 0.6 is 0 Å². The number of benzene rings is 2. The van der Waals surface area contributed by atoms with E-state index < -0.39 is 0 Å². The van der Waals surface area contributed by atoms with Crippen molar-refractivity contribution in [3.05, 3.63) is 71.8 Å². The molecule has 2 heterocycles. The van der Waals surface area contributed by atoms with Crippen LogP contribution in [0.1, 0.15) is 93.8 Å². The molecule has 2 aliphatic heterocycles. The molecule has 4 aliphatic rings. The van der Waals surface area contributed by atoms with E-state index in [-0.39, 0.29) is 64.6 Å². The van der Waals surface area contributed by atoms with Crippen molar-refractivity contribution in [2.75, 3.05) is 0 Å². The van der Waals surface area contributed by atoms with Crippen LogP contribution in [-0.2, 0) is 26.0 Å². The van der Waals surface area contributed by atoms with Gasteiger partial charge in [-0.15, -0.1) is 0 Å². The number of rotatable bonds is 4. The second-order valence-corrected chi connectivity index (χ2v) is 10.3. The minimum absolute atomic E-state index is 0. The summed E-state index contributed by atoms with van der Waals surface area (Å²) in [4.78, 5) is 10.3. The Labute approximate surface area is 237 Å². The van der Waals surface area contributed by atoms with Crippen molar-refractivity contribution in [3.63, 3.8) is 0 Å². The van der Waals surface area contributed by atoms with E-state index in [4.69, 9.17) is 19.5 Å². The third-order valence-electron chi connectivity index (χ3n) is 8.12. The van der Waals surface area contributed by atoms with Crippen LogP contribution < -0.4 is 24.8 Å². The Morgan fingerprint density at radius 2 is 0.944 bits per heavy atom. The first-order valence-electron chi connectivity index (χ1n) is 12.9. The molecule has 0 aromatic heterocycles. The van der Waals surface area contributed by atoms with E-state index in [1.165, 1.54) is 49.7 Å². The maximum absolute atomic E-state index is 6.72. The number of hydrogen-bond donors (Lipinski definition) is 0. The molecule has 2 aliphatic carbocycles. The molecule has 2 fully saturated rings. The summed E-state index contributed by atoms with van der Waals surface area (Å²) < 4.78 is 13.4. The molecule has 2 spiro atoms. The number of ether oxygens (including phenoxy) is 2. The van der Waals surface area contributed by atoms with E-state index >= 15 is 0 Å². The summed E-state index contributed by atoms with van der Waals surface area (Å²) in [5, 5.41) is 0.